The number of rotatable bonds is 5. The fraction of sp³-hybridized carbons (Fsp3) is 0.917. The van der Waals surface area contributed by atoms with Crippen LogP contribution in [-0.4, -0.2) is 51.0 Å². The van der Waals surface area contributed by atoms with E-state index in [1.165, 1.54) is 0 Å². The highest BCUT2D eigenvalue weighted by Crippen LogP contribution is 2.23. The topological polar surface area (TPSA) is 59.6 Å². The molecule has 1 aliphatic heterocycles. The van der Waals surface area contributed by atoms with Crippen LogP contribution in [0.3, 0.4) is 0 Å². The van der Waals surface area contributed by atoms with Gasteiger partial charge in [-0.05, 0) is 19.4 Å². The van der Waals surface area contributed by atoms with Crippen molar-refractivity contribution in [3.63, 3.8) is 0 Å². The molecule has 0 bridgehead atoms. The van der Waals surface area contributed by atoms with E-state index in [1.54, 1.807) is 7.11 Å². The van der Waals surface area contributed by atoms with Gasteiger partial charge < -0.3 is 20.1 Å². The summed E-state index contributed by atoms with van der Waals surface area (Å²) in [6, 6.07) is 0.452. The third-order valence-electron chi connectivity index (χ3n) is 3.66. The summed E-state index contributed by atoms with van der Waals surface area (Å²) in [5, 5.41) is 6.37. The maximum absolute atomic E-state index is 12.1. The minimum Gasteiger partial charge on any atom is -0.381 e. The minimum absolute atomic E-state index is 0.0449. The van der Waals surface area contributed by atoms with Crippen molar-refractivity contribution < 1.29 is 14.3 Å². The number of ether oxygens (including phenoxy) is 2. The highest BCUT2D eigenvalue weighted by molar-refractivity contribution is 5.80. The molecule has 2 atom stereocenters. The molecule has 1 saturated heterocycles. The van der Waals surface area contributed by atoms with Gasteiger partial charge in [0.25, 0.3) is 0 Å². The molecule has 5 nitrogen and oxygen atoms in total. The molecule has 98 valence electrons. The molecule has 2 aliphatic rings. The second-order valence-electron chi connectivity index (χ2n) is 4.84. The third-order valence-corrected chi connectivity index (χ3v) is 3.66. The smallest absolute Gasteiger partial charge is 0.227 e. The van der Waals surface area contributed by atoms with Gasteiger partial charge in [-0.2, -0.15) is 0 Å². The van der Waals surface area contributed by atoms with Crippen LogP contribution < -0.4 is 10.6 Å². The first-order valence-electron chi connectivity index (χ1n) is 6.38. The van der Waals surface area contributed by atoms with E-state index in [0.717, 1.165) is 19.4 Å². The molecule has 2 fully saturated rings. The zero-order valence-electron chi connectivity index (χ0n) is 10.6. The van der Waals surface area contributed by atoms with Crippen molar-refractivity contribution in [1.82, 2.24) is 10.6 Å². The Morgan fingerprint density at radius 1 is 1.41 bits per heavy atom. The van der Waals surface area contributed by atoms with Crippen molar-refractivity contribution in [3.05, 3.63) is 0 Å². The number of amides is 1. The molecule has 1 amide bonds. The summed E-state index contributed by atoms with van der Waals surface area (Å²) in [7, 11) is 1.72. The van der Waals surface area contributed by atoms with Crippen molar-refractivity contribution in [3.8, 4) is 0 Å². The maximum Gasteiger partial charge on any atom is 0.227 e. The van der Waals surface area contributed by atoms with Crippen LogP contribution in [0.25, 0.3) is 0 Å². The first kappa shape index (κ1) is 12.8. The number of hydrogen-bond acceptors (Lipinski definition) is 4. The van der Waals surface area contributed by atoms with Crippen molar-refractivity contribution in [2.75, 3.05) is 26.9 Å². The highest BCUT2D eigenvalue weighted by Gasteiger charge is 2.37. The molecule has 0 aromatic heterocycles. The highest BCUT2D eigenvalue weighted by atomic mass is 16.5. The van der Waals surface area contributed by atoms with E-state index >= 15 is 0 Å². The summed E-state index contributed by atoms with van der Waals surface area (Å²) in [6.07, 6.45) is 2.19. The Kier molecular flexibility index (Phi) is 4.36. The van der Waals surface area contributed by atoms with Gasteiger partial charge in [0.15, 0.2) is 0 Å². The monoisotopic (exact) mass is 242 g/mol. The van der Waals surface area contributed by atoms with Gasteiger partial charge in [0, 0.05) is 19.2 Å². The van der Waals surface area contributed by atoms with Crippen molar-refractivity contribution in [1.29, 1.82) is 0 Å². The molecule has 0 aromatic carbocycles. The largest absolute Gasteiger partial charge is 0.381 e. The fourth-order valence-corrected chi connectivity index (χ4v) is 2.46. The van der Waals surface area contributed by atoms with Crippen LogP contribution in [0.15, 0.2) is 0 Å². The number of methoxy groups -OCH3 is 1. The Bertz CT molecular complexity index is 266. The van der Waals surface area contributed by atoms with E-state index in [0.29, 0.717) is 19.3 Å². The van der Waals surface area contributed by atoms with Crippen LogP contribution in [0, 0.1) is 5.92 Å². The second kappa shape index (κ2) is 5.80. The summed E-state index contributed by atoms with van der Waals surface area (Å²) < 4.78 is 10.6. The average molecular weight is 242 g/mol. The van der Waals surface area contributed by atoms with E-state index < -0.39 is 0 Å². The number of likely N-dealkylation sites (N-methyl/N-ethyl adjacent to an activating group) is 1. The molecular weight excluding hydrogens is 220 g/mol. The molecule has 2 N–H and O–H groups in total. The Labute approximate surface area is 102 Å². The van der Waals surface area contributed by atoms with E-state index in [1.807, 2.05) is 6.92 Å². The van der Waals surface area contributed by atoms with Gasteiger partial charge >= 0.3 is 0 Å². The normalized spacial score (nSPS) is 36.6. The van der Waals surface area contributed by atoms with Crippen LogP contribution in [0.4, 0.5) is 0 Å². The average Bonchev–Trinajstić information content (AvgIpc) is 2.71. The van der Waals surface area contributed by atoms with E-state index in [2.05, 4.69) is 10.6 Å². The van der Waals surface area contributed by atoms with Crippen molar-refractivity contribution in [2.45, 2.75) is 38.0 Å². The number of nitrogens with one attached hydrogen (secondary N) is 2. The SMILES string of the molecule is CCNC1COCC1C(=O)NC1CC(OC)C1. The minimum atomic E-state index is -0.0449. The molecule has 2 rings (SSSR count). The predicted molar refractivity (Wildman–Crippen MR) is 63.7 cm³/mol. The molecular formula is C12H22N2O3. The number of carbonyl (C=O) groups is 1. The molecule has 5 heteroatoms. The van der Waals surface area contributed by atoms with E-state index in [4.69, 9.17) is 9.47 Å². The molecule has 0 aromatic rings. The van der Waals surface area contributed by atoms with Gasteiger partial charge in [-0.1, -0.05) is 6.92 Å². The predicted octanol–water partition coefficient (Wildman–Crippen LogP) is -0.0955. The van der Waals surface area contributed by atoms with Gasteiger partial charge in [0.1, 0.15) is 0 Å². The quantitative estimate of drug-likeness (QED) is 0.707. The van der Waals surface area contributed by atoms with E-state index in [-0.39, 0.29) is 23.9 Å². The molecule has 1 aliphatic carbocycles. The molecule has 2 unspecified atom stereocenters. The fourth-order valence-electron chi connectivity index (χ4n) is 2.46. The lowest BCUT2D eigenvalue weighted by Crippen LogP contribution is -2.52. The Hall–Kier alpha value is -0.650. The Morgan fingerprint density at radius 2 is 2.18 bits per heavy atom. The van der Waals surface area contributed by atoms with Crippen LogP contribution in [0.5, 0.6) is 0 Å². The standard InChI is InChI=1S/C12H22N2O3/c1-3-13-11-7-17-6-10(11)12(15)14-8-4-9(5-8)16-2/h8-11,13H,3-7H2,1-2H3,(H,14,15). The van der Waals surface area contributed by atoms with Gasteiger partial charge in [0.05, 0.1) is 25.2 Å². The Morgan fingerprint density at radius 3 is 2.82 bits per heavy atom. The molecule has 0 radical (unpaired) electrons. The first-order chi connectivity index (χ1) is 8.24. The lowest BCUT2D eigenvalue weighted by molar-refractivity contribution is -0.127. The summed E-state index contributed by atoms with van der Waals surface area (Å²) in [5.74, 6) is 0.0737. The van der Waals surface area contributed by atoms with Crippen LogP contribution in [-0.2, 0) is 14.3 Å². The molecule has 1 heterocycles. The lowest BCUT2D eigenvalue weighted by atomic mass is 9.88. The molecule has 1 saturated carbocycles. The first-order valence-corrected chi connectivity index (χ1v) is 6.38. The number of hydrogen-bond donors (Lipinski definition) is 2. The van der Waals surface area contributed by atoms with Gasteiger partial charge in [-0.25, -0.2) is 0 Å². The second-order valence-corrected chi connectivity index (χ2v) is 4.84. The van der Waals surface area contributed by atoms with Crippen LogP contribution in [0.1, 0.15) is 19.8 Å². The summed E-state index contributed by atoms with van der Waals surface area (Å²) in [5.41, 5.74) is 0. The van der Waals surface area contributed by atoms with Crippen LogP contribution >= 0.6 is 0 Å². The van der Waals surface area contributed by atoms with Gasteiger partial charge in [-0.15, -0.1) is 0 Å². The van der Waals surface area contributed by atoms with Gasteiger partial charge in [-0.3, -0.25) is 4.79 Å². The number of carbonyl (C=O) groups excluding carboxylic acids is 1. The van der Waals surface area contributed by atoms with Crippen molar-refractivity contribution >= 4 is 5.91 Å². The third kappa shape index (κ3) is 2.97. The zero-order chi connectivity index (χ0) is 12.3. The van der Waals surface area contributed by atoms with Crippen molar-refractivity contribution in [2.24, 2.45) is 5.92 Å². The maximum atomic E-state index is 12.1. The molecule has 0 spiro atoms. The lowest BCUT2D eigenvalue weighted by Gasteiger charge is -2.35. The Balaban J connectivity index is 1.75. The molecule has 17 heavy (non-hydrogen) atoms. The summed E-state index contributed by atoms with van der Waals surface area (Å²) >= 11 is 0. The van der Waals surface area contributed by atoms with E-state index in [9.17, 15) is 4.79 Å². The zero-order valence-corrected chi connectivity index (χ0v) is 10.6. The summed E-state index contributed by atoms with van der Waals surface area (Å²) in [4.78, 5) is 12.1. The van der Waals surface area contributed by atoms with Gasteiger partial charge in [0.2, 0.25) is 5.91 Å². The van der Waals surface area contributed by atoms with Crippen LogP contribution in [0.2, 0.25) is 0 Å². The summed E-state index contributed by atoms with van der Waals surface area (Å²) in [6.45, 7) is 4.08.